The fraction of sp³-hybridized carbons (Fsp3) is 0. The highest BCUT2D eigenvalue weighted by molar-refractivity contribution is 6.25. The molecule has 2 heteroatoms. The van der Waals surface area contributed by atoms with Gasteiger partial charge in [0.1, 0.15) is 0 Å². The third kappa shape index (κ3) is 2.96. The lowest BCUT2D eigenvalue weighted by Crippen LogP contribution is -1.97. The van der Waals surface area contributed by atoms with E-state index in [1.54, 1.807) is 0 Å². The average Bonchev–Trinajstić information content (AvgIpc) is 2.92. The lowest BCUT2D eigenvalue weighted by Gasteiger charge is -2.14. The molecule has 0 atom stereocenters. The summed E-state index contributed by atoms with van der Waals surface area (Å²) in [6.45, 7) is 0. The minimum Gasteiger partial charge on any atom is -0.228 e. The van der Waals surface area contributed by atoms with Gasteiger partial charge in [-0.2, -0.15) is 0 Å². The second kappa shape index (κ2) is 7.50. The van der Waals surface area contributed by atoms with E-state index in [-0.39, 0.29) is 0 Å². The Bertz CT molecular complexity index is 1710. The van der Waals surface area contributed by atoms with Crippen LogP contribution in [0.25, 0.3) is 66.2 Å². The van der Waals surface area contributed by atoms with Crippen LogP contribution in [0.3, 0.4) is 0 Å². The topological polar surface area (TPSA) is 25.8 Å². The van der Waals surface area contributed by atoms with Gasteiger partial charge in [-0.05, 0) is 44.5 Å². The van der Waals surface area contributed by atoms with Crippen LogP contribution in [0.15, 0.2) is 121 Å². The molecule has 0 N–H and O–H groups in total. The smallest absolute Gasteiger partial charge is 0.161 e. The molecule has 0 radical (unpaired) electrons. The van der Waals surface area contributed by atoms with E-state index in [0.717, 1.165) is 33.9 Å². The van der Waals surface area contributed by atoms with Gasteiger partial charge in [0.2, 0.25) is 0 Å². The Balaban J connectivity index is 1.54. The Labute approximate surface area is 197 Å². The third-order valence-electron chi connectivity index (χ3n) is 6.63. The molecule has 0 aliphatic heterocycles. The summed E-state index contributed by atoms with van der Waals surface area (Å²) in [5, 5.41) is 7.54. The van der Waals surface area contributed by atoms with E-state index in [2.05, 4.69) is 109 Å². The SMILES string of the molecule is c1ccc(-c2cc(-c3ccccc3)nc(-c3ccc4ccc5cccc6ccc3c4c56)n2)cc1. The van der Waals surface area contributed by atoms with Crippen molar-refractivity contribution in [2.75, 3.05) is 0 Å². The summed E-state index contributed by atoms with van der Waals surface area (Å²) in [5.74, 6) is 0.748. The van der Waals surface area contributed by atoms with Crippen molar-refractivity contribution in [2.24, 2.45) is 0 Å². The number of hydrogen-bond acceptors (Lipinski definition) is 2. The predicted octanol–water partition coefficient (Wildman–Crippen LogP) is 8.38. The van der Waals surface area contributed by atoms with Gasteiger partial charge in [-0.1, -0.05) is 109 Å². The van der Waals surface area contributed by atoms with Crippen LogP contribution in [0, 0.1) is 0 Å². The summed E-state index contributed by atoms with van der Waals surface area (Å²) in [6, 6.07) is 42.5. The quantitative estimate of drug-likeness (QED) is 0.262. The van der Waals surface area contributed by atoms with Crippen molar-refractivity contribution < 1.29 is 0 Å². The van der Waals surface area contributed by atoms with Crippen molar-refractivity contribution >= 4 is 32.3 Å². The zero-order chi connectivity index (χ0) is 22.5. The fourth-order valence-corrected chi connectivity index (χ4v) is 5.01. The molecule has 0 saturated heterocycles. The van der Waals surface area contributed by atoms with Crippen LogP contribution in [-0.4, -0.2) is 9.97 Å². The molecule has 158 valence electrons. The van der Waals surface area contributed by atoms with E-state index in [4.69, 9.17) is 9.97 Å². The van der Waals surface area contributed by atoms with Crippen LogP contribution < -0.4 is 0 Å². The molecule has 0 fully saturated rings. The van der Waals surface area contributed by atoms with Gasteiger partial charge < -0.3 is 0 Å². The Kier molecular flexibility index (Phi) is 4.18. The second-order valence-corrected chi connectivity index (χ2v) is 8.66. The first-order chi connectivity index (χ1) is 16.8. The van der Waals surface area contributed by atoms with Gasteiger partial charge in [0, 0.05) is 16.7 Å². The number of rotatable bonds is 3. The first-order valence-electron chi connectivity index (χ1n) is 11.5. The zero-order valence-corrected chi connectivity index (χ0v) is 18.4. The number of benzene rings is 6. The molecule has 0 aliphatic rings. The van der Waals surface area contributed by atoms with Crippen LogP contribution in [0.5, 0.6) is 0 Å². The van der Waals surface area contributed by atoms with Crippen molar-refractivity contribution in [3.8, 4) is 33.9 Å². The summed E-state index contributed by atoms with van der Waals surface area (Å²) in [6.07, 6.45) is 0. The minimum atomic E-state index is 0.748. The fourth-order valence-electron chi connectivity index (χ4n) is 5.01. The second-order valence-electron chi connectivity index (χ2n) is 8.66. The highest BCUT2D eigenvalue weighted by Crippen LogP contribution is 2.39. The Morgan fingerprint density at radius 3 is 1.56 bits per heavy atom. The Hall–Kier alpha value is -4.56. The molecule has 1 aromatic heterocycles. The van der Waals surface area contributed by atoms with Crippen LogP contribution in [0.2, 0.25) is 0 Å². The molecule has 0 amide bonds. The van der Waals surface area contributed by atoms with Crippen molar-refractivity contribution in [3.05, 3.63) is 121 Å². The van der Waals surface area contributed by atoms with E-state index in [9.17, 15) is 0 Å². The first kappa shape index (κ1) is 19.0. The van der Waals surface area contributed by atoms with Crippen molar-refractivity contribution in [1.82, 2.24) is 9.97 Å². The van der Waals surface area contributed by atoms with E-state index in [1.165, 1.54) is 32.3 Å². The molecule has 0 aliphatic carbocycles. The van der Waals surface area contributed by atoms with Crippen molar-refractivity contribution in [3.63, 3.8) is 0 Å². The maximum Gasteiger partial charge on any atom is 0.161 e. The van der Waals surface area contributed by atoms with Gasteiger partial charge in [-0.15, -0.1) is 0 Å². The predicted molar refractivity (Wildman–Crippen MR) is 142 cm³/mol. The van der Waals surface area contributed by atoms with Crippen LogP contribution in [0.1, 0.15) is 0 Å². The van der Waals surface area contributed by atoms with E-state index >= 15 is 0 Å². The molecule has 0 unspecified atom stereocenters. The molecule has 0 bridgehead atoms. The first-order valence-corrected chi connectivity index (χ1v) is 11.5. The summed E-state index contributed by atoms with van der Waals surface area (Å²) in [5.41, 5.74) is 5.08. The lowest BCUT2D eigenvalue weighted by molar-refractivity contribution is 1.19. The lowest BCUT2D eigenvalue weighted by atomic mass is 9.91. The third-order valence-corrected chi connectivity index (χ3v) is 6.63. The van der Waals surface area contributed by atoms with Gasteiger partial charge in [0.05, 0.1) is 11.4 Å². The molecule has 7 rings (SSSR count). The maximum absolute atomic E-state index is 5.07. The Morgan fingerprint density at radius 1 is 0.412 bits per heavy atom. The minimum absolute atomic E-state index is 0.748. The highest BCUT2D eigenvalue weighted by Gasteiger charge is 2.15. The average molecular weight is 433 g/mol. The number of aromatic nitrogens is 2. The number of nitrogens with zero attached hydrogens (tertiary/aromatic N) is 2. The molecule has 0 saturated carbocycles. The van der Waals surface area contributed by atoms with Crippen LogP contribution >= 0.6 is 0 Å². The van der Waals surface area contributed by atoms with Crippen molar-refractivity contribution in [2.45, 2.75) is 0 Å². The van der Waals surface area contributed by atoms with Crippen LogP contribution in [0.4, 0.5) is 0 Å². The van der Waals surface area contributed by atoms with Gasteiger partial charge in [0.15, 0.2) is 5.82 Å². The molecule has 34 heavy (non-hydrogen) atoms. The van der Waals surface area contributed by atoms with E-state index < -0.39 is 0 Å². The monoisotopic (exact) mass is 432 g/mol. The van der Waals surface area contributed by atoms with Crippen molar-refractivity contribution in [1.29, 1.82) is 0 Å². The Morgan fingerprint density at radius 2 is 0.941 bits per heavy atom. The summed E-state index contributed by atoms with van der Waals surface area (Å²) in [7, 11) is 0. The molecule has 0 spiro atoms. The zero-order valence-electron chi connectivity index (χ0n) is 18.4. The normalized spacial score (nSPS) is 11.5. The molecule has 6 aromatic carbocycles. The van der Waals surface area contributed by atoms with E-state index in [1.807, 2.05) is 12.1 Å². The van der Waals surface area contributed by atoms with Gasteiger partial charge in [-0.25, -0.2) is 9.97 Å². The number of hydrogen-bond donors (Lipinski definition) is 0. The van der Waals surface area contributed by atoms with Gasteiger partial charge in [-0.3, -0.25) is 0 Å². The van der Waals surface area contributed by atoms with Crippen LogP contribution in [-0.2, 0) is 0 Å². The molecule has 1 heterocycles. The maximum atomic E-state index is 5.07. The summed E-state index contributed by atoms with van der Waals surface area (Å²) in [4.78, 5) is 10.1. The summed E-state index contributed by atoms with van der Waals surface area (Å²) >= 11 is 0. The summed E-state index contributed by atoms with van der Waals surface area (Å²) < 4.78 is 0. The molecular formula is C32H20N2. The van der Waals surface area contributed by atoms with Gasteiger partial charge >= 0.3 is 0 Å². The molecule has 7 aromatic rings. The molecular weight excluding hydrogens is 412 g/mol. The standard InChI is InChI=1S/C32H20N2/c1-3-8-21(9-4-1)28-20-29(22-10-5-2-6-11-22)34-32(33-28)27-19-17-25-15-14-23-12-7-13-24-16-18-26(27)31(25)30(23)24/h1-20H. The van der Waals surface area contributed by atoms with E-state index in [0.29, 0.717) is 0 Å². The van der Waals surface area contributed by atoms with Gasteiger partial charge in [0.25, 0.3) is 0 Å². The largest absolute Gasteiger partial charge is 0.228 e. The highest BCUT2D eigenvalue weighted by atomic mass is 14.9. The molecule has 2 nitrogen and oxygen atoms in total.